The molecular formula is C92H158O17. The second kappa shape index (κ2) is 42.4. The molecule has 0 saturated heterocycles. The Morgan fingerprint density at radius 3 is 1.14 bits per heavy atom. The van der Waals surface area contributed by atoms with Gasteiger partial charge < -0.3 is 56.8 Å². The summed E-state index contributed by atoms with van der Waals surface area (Å²) in [5.41, 5.74) is 5.77. The van der Waals surface area contributed by atoms with Crippen molar-refractivity contribution in [1.82, 2.24) is 0 Å². The average molecular weight is 1540 g/mol. The minimum absolute atomic E-state index is 0.0425. The van der Waals surface area contributed by atoms with Crippen LogP contribution in [0.3, 0.4) is 0 Å². The van der Waals surface area contributed by atoms with Crippen molar-refractivity contribution in [3.63, 3.8) is 0 Å². The zero-order valence-electron chi connectivity index (χ0n) is 72.7. The molecule has 0 heterocycles. The number of esters is 5. The topological polar surface area (TPSA) is 196 Å². The van der Waals surface area contributed by atoms with Gasteiger partial charge in [-0.15, -0.1) is 0 Å². The standard InChI is InChI=1S/C47H80O9.C45H78O8/c1-11-36(43(50)54-29-27-52-25-24-51-26-28-53-41(48)12-2)30-34(5)42(49)56-32-55-38-18-20-46(9)37(31-38)16-17-40-45(8)23-22-44(7,35(6)15-13-14-33(3)4)39(45)19-21-47(40,46)10;1-11-35(41(47)51-28-27-50-26-25-49-24-23-48-10)29-33(4)40(46)53-31-52-37-17-19-44(8)36(30-37)15-16-39-43(7)22-21-42(6,34(5)14-12-13-32(2)3)38(43)18-20-45(39,44)9/h16,33-36,38-40H,11-15,17-32H2,1-10H3;15,32-35,37-39H,11-14,16-31H2,1-10H3/t34?,35-,36?,38?,39-,40+,44-,45-,46+,47+;33?,34-,35?,37?,38-,39+,42-,43-,44+,45+/m11/s1. The molecule has 0 aromatic carbocycles. The molecule has 17 heteroatoms. The predicted octanol–water partition coefficient (Wildman–Crippen LogP) is 20.2. The van der Waals surface area contributed by atoms with Crippen molar-refractivity contribution in [3.8, 4) is 0 Å². The van der Waals surface area contributed by atoms with Gasteiger partial charge in [0.15, 0.2) is 13.6 Å². The first-order chi connectivity index (χ1) is 51.7. The molecule has 0 aliphatic heterocycles. The lowest BCUT2D eigenvalue weighted by molar-refractivity contribution is -0.172. The lowest BCUT2D eigenvalue weighted by Gasteiger charge is -2.66. The molecule has 17 nitrogen and oxygen atoms in total. The number of hydrogen-bond acceptors (Lipinski definition) is 17. The number of hydrogen-bond donors (Lipinski definition) is 0. The van der Waals surface area contributed by atoms with Crippen molar-refractivity contribution < 1.29 is 80.8 Å². The van der Waals surface area contributed by atoms with Gasteiger partial charge in [-0.05, 0) is 219 Å². The van der Waals surface area contributed by atoms with Gasteiger partial charge in [-0.25, -0.2) is 0 Å². The lowest BCUT2D eigenvalue weighted by atomic mass is 9.39. The van der Waals surface area contributed by atoms with Gasteiger partial charge in [0.05, 0.1) is 95.3 Å². The molecule has 8 aliphatic carbocycles. The fraction of sp³-hybridized carbons (Fsp3) is 0.902. The molecule has 6 fully saturated rings. The van der Waals surface area contributed by atoms with Crippen molar-refractivity contribution in [2.45, 2.75) is 317 Å². The molecule has 0 aromatic rings. The van der Waals surface area contributed by atoms with Gasteiger partial charge >= 0.3 is 29.8 Å². The molecule has 0 amide bonds. The van der Waals surface area contributed by atoms with E-state index in [0.717, 1.165) is 80.0 Å². The first-order valence-electron chi connectivity index (χ1n) is 44.0. The molecular weight excluding hydrogens is 1380 g/mol. The first kappa shape index (κ1) is 92.7. The van der Waals surface area contributed by atoms with Gasteiger partial charge in [0.1, 0.15) is 19.8 Å². The monoisotopic (exact) mass is 1540 g/mol. The molecule has 20 atom stereocenters. The van der Waals surface area contributed by atoms with Gasteiger partial charge in [-0.2, -0.15) is 0 Å². The van der Waals surface area contributed by atoms with E-state index in [4.69, 9.17) is 56.8 Å². The molecule has 0 spiro atoms. The van der Waals surface area contributed by atoms with E-state index >= 15 is 0 Å². The van der Waals surface area contributed by atoms with Crippen LogP contribution in [0.1, 0.15) is 305 Å². The zero-order valence-corrected chi connectivity index (χ0v) is 72.7. The van der Waals surface area contributed by atoms with E-state index in [1.165, 1.54) is 103 Å². The molecule has 628 valence electrons. The van der Waals surface area contributed by atoms with E-state index in [1.807, 2.05) is 20.8 Å². The van der Waals surface area contributed by atoms with Crippen LogP contribution in [0, 0.1) is 114 Å². The summed E-state index contributed by atoms with van der Waals surface area (Å²) >= 11 is 0. The zero-order chi connectivity index (χ0) is 80.0. The van der Waals surface area contributed by atoms with Crippen molar-refractivity contribution in [3.05, 3.63) is 23.3 Å². The van der Waals surface area contributed by atoms with E-state index in [0.29, 0.717) is 118 Å². The average Bonchev–Trinajstić information content (AvgIpc) is 1.65. The molecule has 109 heavy (non-hydrogen) atoms. The van der Waals surface area contributed by atoms with Crippen LogP contribution in [-0.2, 0) is 80.8 Å². The molecule has 0 aromatic heterocycles. The van der Waals surface area contributed by atoms with Crippen molar-refractivity contribution in [2.24, 2.45) is 114 Å². The van der Waals surface area contributed by atoms with Crippen LogP contribution < -0.4 is 0 Å². The second-order valence-electron chi connectivity index (χ2n) is 38.3. The summed E-state index contributed by atoms with van der Waals surface area (Å²) in [6, 6.07) is 0. The summed E-state index contributed by atoms with van der Waals surface area (Å²) < 4.78 is 66.1. The summed E-state index contributed by atoms with van der Waals surface area (Å²) in [4.78, 5) is 62.5. The Balaban J connectivity index is 0.000000304. The molecule has 0 bridgehead atoms. The highest BCUT2D eigenvalue weighted by molar-refractivity contribution is 5.76. The van der Waals surface area contributed by atoms with Gasteiger partial charge in [-0.3, -0.25) is 24.0 Å². The number of ether oxygens (including phenoxy) is 12. The van der Waals surface area contributed by atoms with Crippen LogP contribution >= 0.6 is 0 Å². The predicted molar refractivity (Wildman–Crippen MR) is 430 cm³/mol. The number of fused-ring (bicyclic) bond motifs is 10. The fourth-order valence-corrected chi connectivity index (χ4v) is 23.4. The third-order valence-corrected chi connectivity index (χ3v) is 31.3. The molecule has 6 saturated carbocycles. The van der Waals surface area contributed by atoms with E-state index < -0.39 is 17.8 Å². The summed E-state index contributed by atoms with van der Waals surface area (Å²) in [6.45, 7) is 48.8. The molecule has 0 radical (unpaired) electrons. The number of methoxy groups -OCH3 is 1. The Hall–Kier alpha value is -3.45. The second-order valence-corrected chi connectivity index (χ2v) is 38.3. The van der Waals surface area contributed by atoms with Gasteiger partial charge in [-0.1, -0.05) is 193 Å². The number of carbonyl (C=O) groups is 5. The third-order valence-electron chi connectivity index (χ3n) is 31.3. The van der Waals surface area contributed by atoms with Crippen molar-refractivity contribution in [2.75, 3.05) is 100.0 Å². The Morgan fingerprint density at radius 1 is 0.413 bits per heavy atom. The summed E-state index contributed by atoms with van der Waals surface area (Å²) in [5, 5.41) is 0. The lowest BCUT2D eigenvalue weighted by Crippen LogP contribution is -2.58. The summed E-state index contributed by atoms with van der Waals surface area (Å²) in [7, 11) is 1.63. The van der Waals surface area contributed by atoms with E-state index in [-0.39, 0.29) is 104 Å². The Morgan fingerprint density at radius 2 is 0.780 bits per heavy atom. The van der Waals surface area contributed by atoms with Crippen molar-refractivity contribution >= 4 is 29.8 Å². The third kappa shape index (κ3) is 22.6. The largest absolute Gasteiger partial charge is 0.463 e. The smallest absolute Gasteiger partial charge is 0.310 e. The Labute approximate surface area is 662 Å². The number of allylic oxidation sites excluding steroid dienone is 2. The number of carbonyl (C=O) groups excluding carboxylic acids is 5. The highest BCUT2D eigenvalue weighted by Crippen LogP contribution is 2.77. The number of rotatable bonds is 45. The van der Waals surface area contributed by atoms with Crippen molar-refractivity contribution in [1.29, 1.82) is 0 Å². The van der Waals surface area contributed by atoms with Crippen LogP contribution in [0.4, 0.5) is 0 Å². The van der Waals surface area contributed by atoms with Crippen LogP contribution in [-0.4, -0.2) is 142 Å². The minimum atomic E-state index is -0.453. The Bertz CT molecular complexity index is 2890. The maximum atomic E-state index is 13.0. The summed E-state index contributed by atoms with van der Waals surface area (Å²) in [5.74, 6) is 3.00. The quantitative estimate of drug-likeness (QED) is 0.0183. The maximum absolute atomic E-state index is 13.0. The molecule has 6 unspecified atom stereocenters. The highest BCUT2D eigenvalue weighted by atomic mass is 16.7. The highest BCUT2D eigenvalue weighted by Gasteiger charge is 2.69. The van der Waals surface area contributed by atoms with E-state index in [9.17, 15) is 24.0 Å². The van der Waals surface area contributed by atoms with Crippen LogP contribution in [0.15, 0.2) is 23.3 Å². The normalized spacial score (nSPS) is 33.3. The maximum Gasteiger partial charge on any atom is 0.310 e. The fourth-order valence-electron chi connectivity index (χ4n) is 23.4. The van der Waals surface area contributed by atoms with E-state index in [2.05, 4.69) is 109 Å². The van der Waals surface area contributed by atoms with E-state index in [1.54, 1.807) is 32.1 Å². The molecule has 0 N–H and O–H groups in total. The summed E-state index contributed by atoms with van der Waals surface area (Å²) in [6.07, 6.45) is 35.0. The minimum Gasteiger partial charge on any atom is -0.463 e. The molecule has 8 aliphatic rings. The molecule has 8 rings (SSSR count). The van der Waals surface area contributed by atoms with Gasteiger partial charge in [0.25, 0.3) is 0 Å². The SMILES string of the molecule is CCC(=O)OCCOCCOCCOC(=O)C(CC)CC(C)C(=O)OCOC1CC[C@@]2(C)C(=CC[C@H]3[C@]4(C)CC[C@](C)([C@H](C)CCCC(C)C)[C@H]4CC[C@@]32C)C1.CCC(CC(C)C(=O)OCOC1CC[C@@]2(C)C(=CC[C@H]3[C@]4(C)CC[C@](C)([C@H](C)CCCC(C)C)[C@H]4CC[C@@]32C)C1)C(=O)OCCOCCOCCOC. The van der Waals surface area contributed by atoms with Gasteiger partial charge in [0.2, 0.25) is 0 Å². The van der Waals surface area contributed by atoms with Crippen LogP contribution in [0.25, 0.3) is 0 Å². The Kier molecular flexibility index (Phi) is 36.1. The van der Waals surface area contributed by atoms with Crippen LogP contribution in [0.5, 0.6) is 0 Å². The van der Waals surface area contributed by atoms with Gasteiger partial charge in [0, 0.05) is 13.5 Å². The first-order valence-corrected chi connectivity index (χ1v) is 44.0. The van der Waals surface area contributed by atoms with Crippen LogP contribution in [0.2, 0.25) is 0 Å².